The SMILES string of the molecule is CC(C(=O)NC(Cc1ccccc1)C(N)=O)C1CNC1.Cl. The predicted molar refractivity (Wildman–Crippen MR) is 84.0 cm³/mol. The molecule has 21 heavy (non-hydrogen) atoms. The van der Waals surface area contributed by atoms with Gasteiger partial charge >= 0.3 is 0 Å². The molecule has 0 bridgehead atoms. The highest BCUT2D eigenvalue weighted by Crippen LogP contribution is 2.16. The molecule has 2 atom stereocenters. The minimum Gasteiger partial charge on any atom is -0.368 e. The first kappa shape index (κ1) is 17.5. The van der Waals surface area contributed by atoms with E-state index in [2.05, 4.69) is 10.6 Å². The third kappa shape index (κ3) is 4.72. The molecule has 1 fully saturated rings. The van der Waals surface area contributed by atoms with Crippen LogP contribution >= 0.6 is 12.4 Å². The highest BCUT2D eigenvalue weighted by Gasteiger charge is 2.30. The van der Waals surface area contributed by atoms with E-state index < -0.39 is 11.9 Å². The minimum atomic E-state index is -0.652. The molecule has 5 nitrogen and oxygen atoms in total. The summed E-state index contributed by atoms with van der Waals surface area (Å²) in [6.07, 6.45) is 0.428. The van der Waals surface area contributed by atoms with Crippen LogP contribution in [0.2, 0.25) is 0 Å². The fraction of sp³-hybridized carbons (Fsp3) is 0.467. The van der Waals surface area contributed by atoms with Crippen molar-refractivity contribution in [2.24, 2.45) is 17.6 Å². The molecule has 4 N–H and O–H groups in total. The smallest absolute Gasteiger partial charge is 0.240 e. The van der Waals surface area contributed by atoms with E-state index >= 15 is 0 Å². The molecule has 116 valence electrons. The number of nitrogens with one attached hydrogen (secondary N) is 2. The maximum atomic E-state index is 12.1. The second-order valence-electron chi connectivity index (χ2n) is 5.36. The molecular formula is C15H22ClN3O2. The number of carbonyl (C=O) groups excluding carboxylic acids is 2. The zero-order chi connectivity index (χ0) is 14.5. The van der Waals surface area contributed by atoms with Crippen LogP contribution in [0.15, 0.2) is 30.3 Å². The van der Waals surface area contributed by atoms with Gasteiger partial charge in [-0.05, 0) is 24.6 Å². The van der Waals surface area contributed by atoms with Gasteiger partial charge in [-0.2, -0.15) is 0 Å². The number of carbonyl (C=O) groups is 2. The van der Waals surface area contributed by atoms with Gasteiger partial charge in [0.15, 0.2) is 0 Å². The van der Waals surface area contributed by atoms with Crippen LogP contribution in [0, 0.1) is 11.8 Å². The molecule has 2 unspecified atom stereocenters. The van der Waals surface area contributed by atoms with Crippen LogP contribution in [0.3, 0.4) is 0 Å². The Morgan fingerprint density at radius 1 is 1.33 bits per heavy atom. The number of nitrogens with two attached hydrogens (primary N) is 1. The summed E-state index contributed by atoms with van der Waals surface area (Å²) in [6.45, 7) is 3.60. The summed E-state index contributed by atoms with van der Waals surface area (Å²) in [6, 6.07) is 8.89. The summed E-state index contributed by atoms with van der Waals surface area (Å²) in [5, 5.41) is 5.91. The molecule has 2 amide bonds. The number of amides is 2. The zero-order valence-corrected chi connectivity index (χ0v) is 12.9. The van der Waals surface area contributed by atoms with Crippen LogP contribution < -0.4 is 16.4 Å². The lowest BCUT2D eigenvalue weighted by Crippen LogP contribution is -2.53. The van der Waals surface area contributed by atoms with E-state index in [0.717, 1.165) is 18.7 Å². The molecule has 1 aliphatic heterocycles. The first-order valence-electron chi connectivity index (χ1n) is 6.92. The Morgan fingerprint density at radius 2 is 1.95 bits per heavy atom. The minimum absolute atomic E-state index is 0. The lowest BCUT2D eigenvalue weighted by molar-refractivity contribution is -0.131. The molecule has 0 aromatic heterocycles. The van der Waals surface area contributed by atoms with Gasteiger partial charge < -0.3 is 16.4 Å². The molecule has 2 rings (SSSR count). The molecule has 0 saturated carbocycles. The highest BCUT2D eigenvalue weighted by molar-refractivity contribution is 5.87. The zero-order valence-electron chi connectivity index (χ0n) is 12.0. The van der Waals surface area contributed by atoms with Crippen molar-refractivity contribution in [2.45, 2.75) is 19.4 Å². The van der Waals surface area contributed by atoms with E-state index in [0.29, 0.717) is 12.3 Å². The van der Waals surface area contributed by atoms with Crippen molar-refractivity contribution in [3.8, 4) is 0 Å². The van der Waals surface area contributed by atoms with Gasteiger partial charge in [-0.3, -0.25) is 9.59 Å². The van der Waals surface area contributed by atoms with E-state index in [1.54, 1.807) is 0 Å². The predicted octanol–water partition coefficient (Wildman–Crippen LogP) is 0.477. The maximum absolute atomic E-state index is 12.1. The molecule has 1 aromatic carbocycles. The number of benzene rings is 1. The number of rotatable bonds is 6. The van der Waals surface area contributed by atoms with Gasteiger partial charge in [-0.1, -0.05) is 37.3 Å². The Morgan fingerprint density at radius 3 is 2.43 bits per heavy atom. The third-order valence-electron chi connectivity index (χ3n) is 3.88. The molecule has 1 heterocycles. The Kier molecular flexibility index (Phi) is 6.65. The Labute approximate surface area is 131 Å². The van der Waals surface area contributed by atoms with Crippen molar-refractivity contribution in [2.75, 3.05) is 13.1 Å². The standard InChI is InChI=1S/C15H21N3O2.ClH/c1-10(12-8-17-9-12)15(20)18-13(14(16)19)7-11-5-3-2-4-6-11;/h2-6,10,12-13,17H,7-9H2,1H3,(H2,16,19)(H,18,20);1H. The van der Waals surface area contributed by atoms with Crippen molar-refractivity contribution in [3.05, 3.63) is 35.9 Å². The van der Waals surface area contributed by atoms with Crippen molar-refractivity contribution < 1.29 is 9.59 Å². The average molecular weight is 312 g/mol. The molecule has 6 heteroatoms. The van der Waals surface area contributed by atoms with E-state index in [1.807, 2.05) is 37.3 Å². The number of hydrogen-bond donors (Lipinski definition) is 3. The van der Waals surface area contributed by atoms with Crippen LogP contribution in [0.25, 0.3) is 0 Å². The fourth-order valence-corrected chi connectivity index (χ4v) is 2.25. The quantitative estimate of drug-likeness (QED) is 0.714. The third-order valence-corrected chi connectivity index (χ3v) is 3.88. The van der Waals surface area contributed by atoms with Crippen molar-refractivity contribution >= 4 is 24.2 Å². The normalized spacial score (nSPS) is 17.0. The maximum Gasteiger partial charge on any atom is 0.240 e. The van der Waals surface area contributed by atoms with Crippen molar-refractivity contribution in [1.82, 2.24) is 10.6 Å². The second kappa shape index (κ2) is 8.00. The van der Waals surface area contributed by atoms with E-state index in [1.165, 1.54) is 0 Å². The summed E-state index contributed by atoms with van der Waals surface area (Å²) in [5.41, 5.74) is 6.37. The Hall–Kier alpha value is -1.59. The molecule has 0 radical (unpaired) electrons. The molecular weight excluding hydrogens is 290 g/mol. The number of hydrogen-bond acceptors (Lipinski definition) is 3. The van der Waals surface area contributed by atoms with E-state index in [4.69, 9.17) is 5.73 Å². The van der Waals surface area contributed by atoms with Gasteiger partial charge in [0.1, 0.15) is 6.04 Å². The van der Waals surface area contributed by atoms with Gasteiger partial charge in [0.05, 0.1) is 0 Å². The highest BCUT2D eigenvalue weighted by atomic mass is 35.5. The van der Waals surface area contributed by atoms with Gasteiger partial charge in [-0.25, -0.2) is 0 Å². The number of halogens is 1. The Bertz CT molecular complexity index is 477. The average Bonchev–Trinajstić information content (AvgIpc) is 2.36. The van der Waals surface area contributed by atoms with Gasteiger partial charge in [-0.15, -0.1) is 12.4 Å². The topological polar surface area (TPSA) is 84.2 Å². The van der Waals surface area contributed by atoms with Crippen LogP contribution in [-0.2, 0) is 16.0 Å². The summed E-state index contributed by atoms with van der Waals surface area (Å²) in [4.78, 5) is 23.6. The summed E-state index contributed by atoms with van der Waals surface area (Å²) in [7, 11) is 0. The van der Waals surface area contributed by atoms with Crippen molar-refractivity contribution in [1.29, 1.82) is 0 Å². The van der Waals surface area contributed by atoms with E-state index in [9.17, 15) is 9.59 Å². The van der Waals surface area contributed by atoms with Crippen LogP contribution in [0.4, 0.5) is 0 Å². The lowest BCUT2D eigenvalue weighted by Gasteiger charge is -2.32. The summed E-state index contributed by atoms with van der Waals surface area (Å²) in [5.74, 6) is -0.355. The largest absolute Gasteiger partial charge is 0.368 e. The van der Waals surface area contributed by atoms with Gasteiger partial charge in [0.25, 0.3) is 0 Å². The van der Waals surface area contributed by atoms with Gasteiger partial charge in [0.2, 0.25) is 11.8 Å². The first-order chi connectivity index (χ1) is 9.58. The van der Waals surface area contributed by atoms with Crippen molar-refractivity contribution in [3.63, 3.8) is 0 Å². The molecule has 1 aromatic rings. The monoisotopic (exact) mass is 311 g/mol. The molecule has 1 aliphatic rings. The van der Waals surface area contributed by atoms with Gasteiger partial charge in [0, 0.05) is 12.3 Å². The van der Waals surface area contributed by atoms with Crippen LogP contribution in [0.1, 0.15) is 12.5 Å². The summed E-state index contributed by atoms with van der Waals surface area (Å²) < 4.78 is 0. The van der Waals surface area contributed by atoms with Crippen LogP contribution in [-0.4, -0.2) is 30.9 Å². The molecule has 0 spiro atoms. The van der Waals surface area contributed by atoms with E-state index in [-0.39, 0.29) is 24.2 Å². The number of primary amides is 1. The lowest BCUT2D eigenvalue weighted by atomic mass is 9.88. The summed E-state index contributed by atoms with van der Waals surface area (Å²) >= 11 is 0. The van der Waals surface area contributed by atoms with Crippen LogP contribution in [0.5, 0.6) is 0 Å². The molecule has 1 saturated heterocycles. The first-order valence-corrected chi connectivity index (χ1v) is 6.92. The Balaban J connectivity index is 0.00000220. The molecule has 0 aliphatic carbocycles. The second-order valence-corrected chi connectivity index (χ2v) is 5.36. The fourth-order valence-electron chi connectivity index (χ4n) is 2.25.